The molecule has 0 aromatic rings. The van der Waals surface area contributed by atoms with Gasteiger partial charge in [-0.1, -0.05) is 103 Å². The molecule has 0 spiro atoms. The molecule has 0 aromatic heterocycles. The normalized spacial score (nSPS) is 31.8. The molecule has 0 saturated carbocycles. The van der Waals surface area contributed by atoms with Crippen LogP contribution in [0.4, 0.5) is 0 Å². The summed E-state index contributed by atoms with van der Waals surface area (Å²) in [5.74, 6) is -6.20. The van der Waals surface area contributed by atoms with Crippen molar-refractivity contribution in [3.8, 4) is 0 Å². The number of ether oxygens (including phenoxy) is 2. The van der Waals surface area contributed by atoms with Gasteiger partial charge >= 0.3 is 11.9 Å². The molecule has 4 saturated heterocycles. The number of allylic oxidation sites excluding steroid dienone is 2. The molecule has 4 bridgehead atoms. The van der Waals surface area contributed by atoms with E-state index in [2.05, 4.69) is 21.3 Å². The van der Waals surface area contributed by atoms with Crippen molar-refractivity contribution < 1.29 is 57.4 Å². The van der Waals surface area contributed by atoms with Crippen molar-refractivity contribution in [2.24, 2.45) is 47.3 Å². The molecule has 4 N–H and O–H groups in total. The maximum absolute atomic E-state index is 13.7. The summed E-state index contributed by atoms with van der Waals surface area (Å²) < 4.78 is 11.8. The van der Waals surface area contributed by atoms with Gasteiger partial charge in [-0.25, -0.2) is 9.59 Å². The predicted octanol–water partition coefficient (Wildman–Crippen LogP) is 6.03. The number of cyclic esters (lactones) is 2. The molecule has 4 rings (SSSR count). The van der Waals surface area contributed by atoms with Crippen LogP contribution in [-0.4, -0.2) is 129 Å². The van der Waals surface area contributed by atoms with Crippen LogP contribution in [0.25, 0.3) is 0 Å². The zero-order chi connectivity index (χ0) is 53.4. The highest BCUT2D eigenvalue weighted by Crippen LogP contribution is 2.32. The fraction of sp³-hybridized carbons (Fsp3) is 0.731. The number of hydrogen-bond donors (Lipinski definition) is 4. The lowest BCUT2D eigenvalue weighted by atomic mass is 9.88. The molecule has 20 heteroatoms. The van der Waals surface area contributed by atoms with Crippen LogP contribution >= 0.6 is 45.1 Å². The average Bonchev–Trinajstić information content (AvgIpc) is 3.53. The highest BCUT2D eigenvalue weighted by atomic mass is 33.1. The van der Waals surface area contributed by atoms with Crippen LogP contribution in [0.5, 0.6) is 0 Å². The molecule has 12 atom stereocenters. The first-order valence-electron chi connectivity index (χ1n) is 25.5. The molecule has 4 fully saturated rings. The minimum absolute atomic E-state index is 0.0927. The van der Waals surface area contributed by atoms with Gasteiger partial charge in [-0.2, -0.15) is 23.5 Å². The Morgan fingerprint density at radius 3 is 1.19 bits per heavy atom. The summed E-state index contributed by atoms with van der Waals surface area (Å²) in [4.78, 5) is 136. The summed E-state index contributed by atoms with van der Waals surface area (Å²) in [6, 6.07) is -3.63. The van der Waals surface area contributed by atoms with E-state index in [1.165, 1.54) is 23.5 Å². The quantitative estimate of drug-likeness (QED) is 0.0713. The van der Waals surface area contributed by atoms with Gasteiger partial charge in [-0.3, -0.25) is 38.4 Å². The smallest absolute Gasteiger partial charge is 0.329 e. The van der Waals surface area contributed by atoms with Gasteiger partial charge in [-0.15, -0.1) is 0 Å². The number of esters is 2. The van der Waals surface area contributed by atoms with E-state index in [-0.39, 0.29) is 95.8 Å². The van der Waals surface area contributed by atoms with E-state index in [1.807, 2.05) is 53.7 Å². The van der Waals surface area contributed by atoms with Gasteiger partial charge in [-0.05, 0) is 48.7 Å². The molecule has 72 heavy (non-hydrogen) atoms. The predicted molar refractivity (Wildman–Crippen MR) is 285 cm³/mol. The van der Waals surface area contributed by atoms with E-state index in [0.717, 1.165) is 0 Å². The number of Topliss-reactive ketones (excluding diaryl/α,β-unsaturated/α-hetero) is 4. The van der Waals surface area contributed by atoms with E-state index >= 15 is 0 Å². The van der Waals surface area contributed by atoms with E-state index in [0.29, 0.717) is 35.9 Å². The van der Waals surface area contributed by atoms with Crippen LogP contribution in [0.2, 0.25) is 0 Å². The molecular weight excluding hydrogens is 1000 g/mol. The largest absolute Gasteiger partial charge is 0.456 e. The van der Waals surface area contributed by atoms with Crippen molar-refractivity contribution in [3.05, 3.63) is 24.3 Å². The first-order valence-corrected chi connectivity index (χ1v) is 30.1. The Hall–Kier alpha value is -3.62. The van der Waals surface area contributed by atoms with Crippen molar-refractivity contribution in [1.29, 1.82) is 0 Å². The molecular formula is C52H78N4O12S4. The monoisotopic (exact) mass is 1080 g/mol. The first-order chi connectivity index (χ1) is 34.0. The Morgan fingerprint density at radius 1 is 0.500 bits per heavy atom. The number of fused-ring (bicyclic) bond motifs is 6. The Kier molecular flexibility index (Phi) is 24.9. The van der Waals surface area contributed by atoms with Crippen LogP contribution in [0.3, 0.4) is 0 Å². The topological polar surface area (TPSA) is 237 Å². The molecule has 16 nitrogen and oxygen atoms in total. The fourth-order valence-corrected chi connectivity index (χ4v) is 13.3. The fourth-order valence-electron chi connectivity index (χ4n) is 8.85. The first kappa shape index (κ1) is 60.9. The van der Waals surface area contributed by atoms with Gasteiger partial charge in [0.25, 0.3) is 0 Å². The molecule has 4 aliphatic heterocycles. The molecule has 4 heterocycles. The SMILES string of the molecule is CC1SC[C@H]2NC(=O)[C@@H](C(C)C)CC(=O)C[C@H](/C=C/CCSSCC/C=C/[C@H]3CC(=O)C[C@H](C(C)C)C(=O)N[C@@H]4CSC(C)C(CC4=O)C(=O)N[C@@H](C(C)C)C(=O)O3)OC(=O)[C@H](C(C)C)NC(=O)C1CC2=O. The highest BCUT2D eigenvalue weighted by Gasteiger charge is 2.42. The van der Waals surface area contributed by atoms with Gasteiger partial charge in [0.05, 0.1) is 23.9 Å². The van der Waals surface area contributed by atoms with Crippen LogP contribution < -0.4 is 21.3 Å². The summed E-state index contributed by atoms with van der Waals surface area (Å²) in [6.07, 6.45) is 5.56. The molecule has 0 radical (unpaired) electrons. The number of ketones is 4. The van der Waals surface area contributed by atoms with E-state index in [9.17, 15) is 47.9 Å². The molecule has 0 aromatic carbocycles. The highest BCUT2D eigenvalue weighted by molar-refractivity contribution is 8.76. The molecule has 402 valence electrons. The Bertz CT molecular complexity index is 1890. The zero-order valence-corrected chi connectivity index (χ0v) is 46.8. The Balaban J connectivity index is 1.40. The van der Waals surface area contributed by atoms with Gasteiger partial charge in [0, 0.05) is 83.9 Å². The van der Waals surface area contributed by atoms with E-state index in [1.54, 1.807) is 61.4 Å². The number of amides is 4. The molecule has 4 unspecified atom stereocenters. The number of carbonyl (C=O) groups is 10. The molecule has 4 aliphatic rings. The summed E-state index contributed by atoms with van der Waals surface area (Å²) in [7, 11) is 3.21. The Labute approximate surface area is 442 Å². The van der Waals surface area contributed by atoms with E-state index < -0.39 is 95.6 Å². The van der Waals surface area contributed by atoms with Crippen molar-refractivity contribution >= 4 is 104 Å². The summed E-state index contributed by atoms with van der Waals surface area (Å²) in [5, 5.41) is 10.9. The summed E-state index contributed by atoms with van der Waals surface area (Å²) >= 11 is 2.83. The second-order valence-electron chi connectivity index (χ2n) is 20.8. The van der Waals surface area contributed by atoms with Crippen molar-refractivity contribution in [1.82, 2.24) is 21.3 Å². The number of rotatable bonds is 13. The van der Waals surface area contributed by atoms with Crippen molar-refractivity contribution in [2.45, 2.75) is 167 Å². The van der Waals surface area contributed by atoms with E-state index in [4.69, 9.17) is 9.47 Å². The van der Waals surface area contributed by atoms with Crippen molar-refractivity contribution in [2.75, 3.05) is 23.0 Å². The number of hydrogen-bond acceptors (Lipinski definition) is 16. The number of nitrogens with one attached hydrogen (secondary N) is 4. The summed E-state index contributed by atoms with van der Waals surface area (Å²) in [6.45, 7) is 18.2. The zero-order valence-electron chi connectivity index (χ0n) is 43.6. The third kappa shape index (κ3) is 18.6. The lowest BCUT2D eigenvalue weighted by Crippen LogP contribution is -2.50. The van der Waals surface area contributed by atoms with Crippen LogP contribution in [0, 0.1) is 47.3 Å². The van der Waals surface area contributed by atoms with Crippen LogP contribution in [0.15, 0.2) is 24.3 Å². The average molecular weight is 1080 g/mol. The maximum Gasteiger partial charge on any atom is 0.329 e. The minimum Gasteiger partial charge on any atom is -0.456 e. The number of thioether (sulfide) groups is 2. The minimum atomic E-state index is -1.02. The van der Waals surface area contributed by atoms with Crippen LogP contribution in [-0.2, 0) is 57.4 Å². The lowest BCUT2D eigenvalue weighted by molar-refractivity contribution is -0.154. The standard InChI is InChI=1S/C52H78N4O12S4/c1-27(2)37-21-33(57)19-35(67-51(65)45(29(5)6)55-49(63)39-23-43(59)41(53-47(37)61)25-69-31(39)9)15-11-13-17-71-72-18-14-12-16-36-20-34(58)22-38(28(3)4)48(62)54-42-26-70-32(10)40(24-44(42)60)50(64)56-46(30(7)8)52(66)68-36/h11-12,15-16,27-32,35-42,45-46H,13-14,17-26H2,1-10H3,(H,53,61)(H,54,62)(H,55,63)(H,56,64)/b15-11+,16-12+/t31?,32?,35-,36-,37+,38+,39?,40?,41+,42+,45-,46-/m0/s1. The summed E-state index contributed by atoms with van der Waals surface area (Å²) in [5.41, 5.74) is 0. The lowest BCUT2D eigenvalue weighted by Gasteiger charge is -2.27. The second-order valence-corrected chi connectivity index (χ2v) is 26.4. The Morgan fingerprint density at radius 2 is 0.861 bits per heavy atom. The van der Waals surface area contributed by atoms with Crippen LogP contribution in [0.1, 0.15) is 121 Å². The molecule has 0 aliphatic carbocycles. The van der Waals surface area contributed by atoms with Gasteiger partial charge in [0.15, 0.2) is 11.6 Å². The molecule has 4 amide bonds. The van der Waals surface area contributed by atoms with Gasteiger partial charge in [0.1, 0.15) is 35.9 Å². The maximum atomic E-state index is 13.7. The van der Waals surface area contributed by atoms with Gasteiger partial charge < -0.3 is 30.7 Å². The second kappa shape index (κ2) is 29.5. The third-order valence-electron chi connectivity index (χ3n) is 13.6. The van der Waals surface area contributed by atoms with Crippen molar-refractivity contribution in [3.63, 3.8) is 0 Å². The number of carbonyl (C=O) groups excluding carboxylic acids is 10. The third-order valence-corrected chi connectivity index (χ3v) is 18.9. The van der Waals surface area contributed by atoms with Gasteiger partial charge in [0.2, 0.25) is 23.6 Å².